The van der Waals surface area contributed by atoms with Gasteiger partial charge in [0.05, 0.1) is 0 Å². The van der Waals surface area contributed by atoms with E-state index >= 15 is 0 Å². The van der Waals surface area contributed by atoms with Crippen LogP contribution in [0.15, 0.2) is 0 Å². The lowest BCUT2D eigenvalue weighted by molar-refractivity contribution is -0.132. The molecule has 5 heteroatoms. The number of amides is 2. The third-order valence-electron chi connectivity index (χ3n) is 3.70. The summed E-state index contributed by atoms with van der Waals surface area (Å²) in [5.41, 5.74) is 0. The minimum absolute atomic E-state index is 0.0329. The van der Waals surface area contributed by atoms with Gasteiger partial charge in [-0.15, -0.1) is 0 Å². The topological polar surface area (TPSA) is 61.4 Å². The van der Waals surface area contributed by atoms with Crippen LogP contribution in [0.5, 0.6) is 0 Å². The Bertz CT molecular complexity index is 300. The van der Waals surface area contributed by atoms with Crippen LogP contribution in [-0.4, -0.2) is 49.4 Å². The molecule has 0 bridgehead atoms. The largest absolute Gasteiger partial charge is 0.344 e. The summed E-state index contributed by atoms with van der Waals surface area (Å²) >= 11 is 0. The average molecular weight is 239 g/mol. The highest BCUT2D eigenvalue weighted by molar-refractivity contribution is 5.89. The van der Waals surface area contributed by atoms with Crippen molar-refractivity contribution in [3.05, 3.63) is 0 Å². The minimum Gasteiger partial charge on any atom is -0.344 e. The molecule has 1 atom stereocenters. The van der Waals surface area contributed by atoms with Crippen LogP contribution in [0.25, 0.3) is 0 Å². The third kappa shape index (κ3) is 3.19. The summed E-state index contributed by atoms with van der Waals surface area (Å²) in [6, 6.07) is -0.283. The van der Waals surface area contributed by atoms with Crippen molar-refractivity contribution in [3.8, 4) is 0 Å². The summed E-state index contributed by atoms with van der Waals surface area (Å²) in [7, 11) is 1.78. The number of piperidine rings is 1. The molecule has 0 radical (unpaired) electrons. The second-order valence-corrected chi connectivity index (χ2v) is 5.07. The number of carbonyl (C=O) groups is 2. The first-order valence-corrected chi connectivity index (χ1v) is 6.42. The van der Waals surface area contributed by atoms with Crippen molar-refractivity contribution < 1.29 is 9.59 Å². The summed E-state index contributed by atoms with van der Waals surface area (Å²) in [4.78, 5) is 25.1. The summed E-state index contributed by atoms with van der Waals surface area (Å²) < 4.78 is 0. The van der Waals surface area contributed by atoms with Crippen molar-refractivity contribution in [1.29, 1.82) is 0 Å². The first kappa shape index (κ1) is 12.4. The van der Waals surface area contributed by atoms with Crippen molar-refractivity contribution in [3.63, 3.8) is 0 Å². The Labute approximate surface area is 102 Å². The number of rotatable bonds is 3. The van der Waals surface area contributed by atoms with Crippen molar-refractivity contribution in [2.75, 3.05) is 26.7 Å². The predicted octanol–water partition coefficient (Wildman–Crippen LogP) is -0.277. The molecule has 2 aliphatic heterocycles. The molecule has 2 N–H and O–H groups in total. The molecule has 0 aromatic rings. The van der Waals surface area contributed by atoms with Crippen LogP contribution in [0.2, 0.25) is 0 Å². The first-order chi connectivity index (χ1) is 8.16. The van der Waals surface area contributed by atoms with Crippen LogP contribution in [0.1, 0.15) is 25.7 Å². The van der Waals surface area contributed by atoms with Gasteiger partial charge in [0, 0.05) is 20.0 Å². The molecule has 2 saturated heterocycles. The Morgan fingerprint density at radius 3 is 2.71 bits per heavy atom. The maximum Gasteiger partial charge on any atom is 0.244 e. The first-order valence-electron chi connectivity index (χ1n) is 6.42. The van der Waals surface area contributed by atoms with E-state index in [0.29, 0.717) is 12.3 Å². The highest BCUT2D eigenvalue weighted by atomic mass is 16.2. The van der Waals surface area contributed by atoms with E-state index < -0.39 is 0 Å². The van der Waals surface area contributed by atoms with Gasteiger partial charge in [0.15, 0.2) is 0 Å². The van der Waals surface area contributed by atoms with Gasteiger partial charge >= 0.3 is 0 Å². The lowest BCUT2D eigenvalue weighted by atomic mass is 9.94. The summed E-state index contributed by atoms with van der Waals surface area (Å²) in [6.07, 6.45) is 3.43. The Kier molecular flexibility index (Phi) is 3.99. The highest BCUT2D eigenvalue weighted by Gasteiger charge is 2.30. The normalized spacial score (nSPS) is 26.3. The van der Waals surface area contributed by atoms with E-state index in [9.17, 15) is 9.59 Å². The quantitative estimate of drug-likeness (QED) is 0.712. The van der Waals surface area contributed by atoms with Crippen molar-refractivity contribution in [2.45, 2.75) is 31.7 Å². The molecule has 1 unspecified atom stereocenters. The summed E-state index contributed by atoms with van der Waals surface area (Å²) in [6.45, 7) is 2.75. The zero-order valence-electron chi connectivity index (χ0n) is 10.4. The standard InChI is InChI=1S/C12H21N3O2/c1-15-7-4-10(12(15)17)14-11(16)8-9-2-5-13-6-3-9/h9-10,13H,2-8H2,1H3,(H,14,16). The fourth-order valence-corrected chi connectivity index (χ4v) is 2.56. The van der Waals surface area contributed by atoms with Gasteiger partial charge in [-0.1, -0.05) is 0 Å². The van der Waals surface area contributed by atoms with Gasteiger partial charge in [0.2, 0.25) is 11.8 Å². The number of hydrogen-bond donors (Lipinski definition) is 2. The fraction of sp³-hybridized carbons (Fsp3) is 0.833. The molecule has 0 aliphatic carbocycles. The fourth-order valence-electron chi connectivity index (χ4n) is 2.56. The third-order valence-corrected chi connectivity index (χ3v) is 3.70. The molecular weight excluding hydrogens is 218 g/mol. The van der Waals surface area contributed by atoms with Crippen LogP contribution in [0.3, 0.4) is 0 Å². The molecule has 2 aliphatic rings. The number of nitrogens with zero attached hydrogens (tertiary/aromatic N) is 1. The van der Waals surface area contributed by atoms with Crippen LogP contribution in [-0.2, 0) is 9.59 Å². The molecular formula is C12H21N3O2. The minimum atomic E-state index is -0.283. The molecule has 0 saturated carbocycles. The Morgan fingerprint density at radius 1 is 1.41 bits per heavy atom. The number of likely N-dealkylation sites (tertiary alicyclic amines) is 1. The molecule has 0 aromatic carbocycles. The van der Waals surface area contributed by atoms with Crippen LogP contribution in [0, 0.1) is 5.92 Å². The van der Waals surface area contributed by atoms with E-state index in [-0.39, 0.29) is 17.9 Å². The summed E-state index contributed by atoms with van der Waals surface area (Å²) in [5.74, 6) is 0.555. The van der Waals surface area contributed by atoms with Gasteiger partial charge < -0.3 is 15.5 Å². The zero-order valence-corrected chi connectivity index (χ0v) is 10.4. The molecule has 0 aromatic heterocycles. The van der Waals surface area contributed by atoms with Gasteiger partial charge in [-0.3, -0.25) is 9.59 Å². The van der Waals surface area contributed by atoms with Gasteiger partial charge in [-0.05, 0) is 38.3 Å². The second-order valence-electron chi connectivity index (χ2n) is 5.07. The molecule has 2 heterocycles. The van der Waals surface area contributed by atoms with E-state index in [4.69, 9.17) is 0 Å². The smallest absolute Gasteiger partial charge is 0.244 e. The molecule has 17 heavy (non-hydrogen) atoms. The second kappa shape index (κ2) is 5.49. The SMILES string of the molecule is CN1CCC(NC(=O)CC2CCNCC2)C1=O. The lowest BCUT2D eigenvalue weighted by Gasteiger charge is -2.22. The van der Waals surface area contributed by atoms with E-state index in [1.807, 2.05) is 0 Å². The van der Waals surface area contributed by atoms with Gasteiger partial charge in [0.1, 0.15) is 6.04 Å². The average Bonchev–Trinajstić information content (AvgIpc) is 2.62. The van der Waals surface area contributed by atoms with E-state index in [0.717, 1.165) is 38.9 Å². The number of carbonyl (C=O) groups excluding carboxylic acids is 2. The Morgan fingerprint density at radius 2 is 2.12 bits per heavy atom. The molecule has 2 rings (SSSR count). The summed E-state index contributed by atoms with van der Waals surface area (Å²) in [5, 5.41) is 6.14. The molecule has 2 fully saturated rings. The number of nitrogens with one attached hydrogen (secondary N) is 2. The van der Waals surface area contributed by atoms with E-state index in [1.54, 1.807) is 11.9 Å². The van der Waals surface area contributed by atoms with Crippen molar-refractivity contribution in [2.24, 2.45) is 5.92 Å². The number of hydrogen-bond acceptors (Lipinski definition) is 3. The molecule has 2 amide bonds. The van der Waals surface area contributed by atoms with E-state index in [1.165, 1.54) is 0 Å². The lowest BCUT2D eigenvalue weighted by Crippen LogP contribution is -2.41. The maximum absolute atomic E-state index is 11.8. The van der Waals surface area contributed by atoms with Crippen LogP contribution in [0.4, 0.5) is 0 Å². The van der Waals surface area contributed by atoms with Crippen LogP contribution < -0.4 is 10.6 Å². The number of likely N-dealkylation sites (N-methyl/N-ethyl adjacent to an activating group) is 1. The van der Waals surface area contributed by atoms with Crippen molar-refractivity contribution >= 4 is 11.8 Å². The molecule has 5 nitrogen and oxygen atoms in total. The monoisotopic (exact) mass is 239 g/mol. The molecule has 0 spiro atoms. The van der Waals surface area contributed by atoms with Gasteiger partial charge in [-0.25, -0.2) is 0 Å². The van der Waals surface area contributed by atoms with Crippen molar-refractivity contribution in [1.82, 2.24) is 15.5 Å². The maximum atomic E-state index is 11.8. The van der Waals surface area contributed by atoms with E-state index in [2.05, 4.69) is 10.6 Å². The Hall–Kier alpha value is -1.10. The van der Waals surface area contributed by atoms with Gasteiger partial charge in [-0.2, -0.15) is 0 Å². The Balaban J connectivity index is 1.75. The highest BCUT2D eigenvalue weighted by Crippen LogP contribution is 2.16. The zero-order chi connectivity index (χ0) is 12.3. The van der Waals surface area contributed by atoms with Gasteiger partial charge in [0.25, 0.3) is 0 Å². The van der Waals surface area contributed by atoms with Crippen LogP contribution >= 0.6 is 0 Å². The molecule has 96 valence electrons. The predicted molar refractivity (Wildman–Crippen MR) is 64.4 cm³/mol.